The lowest BCUT2D eigenvalue weighted by atomic mass is 9.87. The Morgan fingerprint density at radius 2 is 0.800 bits per heavy atom. The molecule has 2 heterocycles. The highest BCUT2D eigenvalue weighted by molar-refractivity contribution is 5.93. The van der Waals surface area contributed by atoms with Crippen LogP contribution < -0.4 is 0 Å². The molecule has 0 saturated carbocycles. The maximum Gasteiger partial charge on any atom is 0.165 e. The van der Waals surface area contributed by atoms with Gasteiger partial charge >= 0.3 is 0 Å². The lowest BCUT2D eigenvalue weighted by Crippen LogP contribution is -2.00. The van der Waals surface area contributed by atoms with Gasteiger partial charge in [0.05, 0.1) is 5.69 Å². The predicted molar refractivity (Wildman–Crippen MR) is 205 cm³/mol. The average Bonchev–Trinajstić information content (AvgIpc) is 3.18. The number of hydrogen-bond acceptors (Lipinski definition) is 4. The van der Waals surface area contributed by atoms with Gasteiger partial charge in [-0.1, -0.05) is 157 Å². The summed E-state index contributed by atoms with van der Waals surface area (Å²) >= 11 is 0. The van der Waals surface area contributed by atoms with Crippen molar-refractivity contribution >= 4 is 0 Å². The molecule has 0 aliphatic rings. The van der Waals surface area contributed by atoms with Crippen molar-refractivity contribution in [2.24, 2.45) is 0 Å². The maximum atomic E-state index is 4.95. The van der Waals surface area contributed by atoms with Gasteiger partial charge in [0, 0.05) is 28.5 Å². The van der Waals surface area contributed by atoms with Crippen molar-refractivity contribution in [1.82, 2.24) is 19.9 Å². The largest absolute Gasteiger partial charge is 0.255 e. The average molecular weight is 643 g/mol. The molecule has 0 radical (unpaired) electrons. The van der Waals surface area contributed by atoms with Gasteiger partial charge in [0.1, 0.15) is 0 Å². The van der Waals surface area contributed by atoms with Gasteiger partial charge in [0.15, 0.2) is 17.5 Å². The minimum absolute atomic E-state index is 0.583. The van der Waals surface area contributed by atoms with E-state index in [0.717, 1.165) is 39.1 Å². The van der Waals surface area contributed by atoms with E-state index in [4.69, 9.17) is 19.9 Å². The van der Waals surface area contributed by atoms with E-state index in [2.05, 4.69) is 111 Å². The summed E-state index contributed by atoms with van der Waals surface area (Å²) in [5.74, 6) is 1.84. The first-order valence-corrected chi connectivity index (χ1v) is 16.8. The fourth-order valence-electron chi connectivity index (χ4n) is 6.53. The number of benzene rings is 6. The molecular weight excluding hydrogens is 609 g/mol. The monoisotopic (exact) mass is 642 g/mol. The van der Waals surface area contributed by atoms with E-state index in [1.807, 2.05) is 72.9 Å². The van der Waals surface area contributed by atoms with Crippen molar-refractivity contribution in [2.75, 3.05) is 0 Å². The highest BCUT2D eigenvalue weighted by atomic mass is 15.0. The highest BCUT2D eigenvalue weighted by Gasteiger charge is 2.16. The highest BCUT2D eigenvalue weighted by Crippen LogP contribution is 2.40. The van der Waals surface area contributed by atoms with Gasteiger partial charge < -0.3 is 0 Å². The normalized spacial score (nSPS) is 11.0. The van der Waals surface area contributed by atoms with Gasteiger partial charge in [0.2, 0.25) is 0 Å². The molecule has 4 heteroatoms. The van der Waals surface area contributed by atoms with Crippen LogP contribution in [0.2, 0.25) is 0 Å². The van der Waals surface area contributed by atoms with Gasteiger partial charge in [-0.2, -0.15) is 0 Å². The summed E-state index contributed by atoms with van der Waals surface area (Å²) in [4.78, 5) is 19.5. The summed E-state index contributed by atoms with van der Waals surface area (Å²) in [7, 11) is 0. The Labute approximate surface area is 292 Å². The first kappa shape index (κ1) is 30.8. The number of aryl methyl sites for hydroxylation is 2. The summed E-state index contributed by atoms with van der Waals surface area (Å²) in [6.07, 6.45) is 1.86. The molecule has 0 bridgehead atoms. The molecule has 238 valence electrons. The Hall–Kier alpha value is -6.52. The molecule has 0 aliphatic carbocycles. The molecule has 0 fully saturated rings. The Balaban J connectivity index is 1.20. The van der Waals surface area contributed by atoms with E-state index in [0.29, 0.717) is 17.5 Å². The van der Waals surface area contributed by atoms with Crippen LogP contribution in [0.5, 0.6) is 0 Å². The molecule has 0 aliphatic heterocycles. The van der Waals surface area contributed by atoms with Gasteiger partial charge in [-0.05, 0) is 65.4 Å². The van der Waals surface area contributed by atoms with Crippen molar-refractivity contribution in [1.29, 1.82) is 0 Å². The van der Waals surface area contributed by atoms with Crippen LogP contribution in [0, 0.1) is 13.8 Å². The third kappa shape index (κ3) is 6.35. The van der Waals surface area contributed by atoms with Crippen LogP contribution in [-0.4, -0.2) is 19.9 Å². The van der Waals surface area contributed by atoms with Crippen LogP contribution >= 0.6 is 0 Å². The summed E-state index contributed by atoms with van der Waals surface area (Å²) in [6.45, 7) is 4.32. The lowest BCUT2D eigenvalue weighted by molar-refractivity contribution is 1.07. The van der Waals surface area contributed by atoms with Crippen LogP contribution in [0.15, 0.2) is 170 Å². The molecule has 8 aromatic rings. The molecule has 0 atom stereocenters. The molecule has 50 heavy (non-hydrogen) atoms. The van der Waals surface area contributed by atoms with Gasteiger partial charge in [-0.3, -0.25) is 4.98 Å². The van der Waals surface area contributed by atoms with E-state index in [9.17, 15) is 0 Å². The number of pyridine rings is 1. The van der Waals surface area contributed by atoms with E-state index < -0.39 is 0 Å². The maximum absolute atomic E-state index is 4.95. The zero-order valence-electron chi connectivity index (χ0n) is 28.0. The molecule has 0 amide bonds. The SMILES string of the molecule is Cc1cc(C)cc(-c2ccccc2-c2ccc(-c3ccc(-c4nc(-c5ccccc5)nc(-c5ccccc5)n4)cn3)cc2-c2ccccc2)c1. The fraction of sp³-hybridized carbons (Fsp3) is 0.0435. The van der Waals surface area contributed by atoms with Gasteiger partial charge in [-0.25, -0.2) is 15.0 Å². The summed E-state index contributed by atoms with van der Waals surface area (Å²) in [5.41, 5.74) is 14.3. The Bertz CT molecular complexity index is 2340. The quantitative estimate of drug-likeness (QED) is 0.174. The number of rotatable bonds is 7. The molecule has 0 spiro atoms. The first-order chi connectivity index (χ1) is 24.6. The second-order valence-electron chi connectivity index (χ2n) is 12.5. The lowest BCUT2D eigenvalue weighted by Gasteiger charge is -2.17. The van der Waals surface area contributed by atoms with Crippen LogP contribution in [0.1, 0.15) is 11.1 Å². The van der Waals surface area contributed by atoms with E-state index in [-0.39, 0.29) is 0 Å². The summed E-state index contributed by atoms with van der Waals surface area (Å²) in [5, 5.41) is 0. The molecule has 0 N–H and O–H groups in total. The topological polar surface area (TPSA) is 51.6 Å². The molecule has 4 nitrogen and oxygen atoms in total. The number of hydrogen-bond donors (Lipinski definition) is 0. The van der Waals surface area contributed by atoms with Crippen LogP contribution in [0.4, 0.5) is 0 Å². The van der Waals surface area contributed by atoms with Crippen LogP contribution in [0.3, 0.4) is 0 Å². The predicted octanol–water partition coefficient (Wildman–Crippen LogP) is 11.6. The third-order valence-electron chi connectivity index (χ3n) is 8.87. The van der Waals surface area contributed by atoms with Crippen molar-refractivity contribution in [3.05, 3.63) is 181 Å². The Kier molecular flexibility index (Phi) is 8.34. The van der Waals surface area contributed by atoms with Gasteiger partial charge in [-0.15, -0.1) is 0 Å². The van der Waals surface area contributed by atoms with Crippen molar-refractivity contribution in [3.8, 4) is 78.8 Å². The smallest absolute Gasteiger partial charge is 0.165 e. The Morgan fingerprint density at radius 3 is 1.36 bits per heavy atom. The second kappa shape index (κ2) is 13.5. The van der Waals surface area contributed by atoms with E-state index >= 15 is 0 Å². The van der Waals surface area contributed by atoms with E-state index in [1.54, 1.807) is 0 Å². The minimum Gasteiger partial charge on any atom is -0.255 e. The second-order valence-corrected chi connectivity index (χ2v) is 12.5. The fourth-order valence-corrected chi connectivity index (χ4v) is 6.53. The van der Waals surface area contributed by atoms with Crippen molar-refractivity contribution in [3.63, 3.8) is 0 Å². The minimum atomic E-state index is 0.583. The zero-order valence-corrected chi connectivity index (χ0v) is 28.0. The van der Waals surface area contributed by atoms with E-state index in [1.165, 1.54) is 33.4 Å². The molecule has 6 aromatic carbocycles. The molecule has 0 unspecified atom stereocenters. The molecule has 2 aromatic heterocycles. The summed E-state index contributed by atoms with van der Waals surface area (Å²) < 4.78 is 0. The molecule has 0 saturated heterocycles. The van der Waals surface area contributed by atoms with Gasteiger partial charge in [0.25, 0.3) is 0 Å². The third-order valence-corrected chi connectivity index (χ3v) is 8.87. The molecule has 8 rings (SSSR count). The standard InChI is InChI=1S/C46H34N4/c1-31-26-32(2)28-38(27-31)39-20-12-13-21-40(39)41-24-22-36(29-42(41)33-14-6-3-7-15-33)43-25-23-37(30-47-43)46-49-44(34-16-8-4-9-17-34)48-45(50-46)35-18-10-5-11-19-35/h3-30H,1-2H3. The van der Waals surface area contributed by atoms with Crippen molar-refractivity contribution in [2.45, 2.75) is 13.8 Å². The Morgan fingerprint density at radius 1 is 0.320 bits per heavy atom. The summed E-state index contributed by atoms with van der Waals surface area (Å²) in [6, 6.07) is 56.9. The molecular formula is C46H34N4. The number of nitrogens with zero attached hydrogens (tertiary/aromatic N) is 4. The number of aromatic nitrogens is 4. The van der Waals surface area contributed by atoms with Crippen LogP contribution in [-0.2, 0) is 0 Å². The first-order valence-electron chi connectivity index (χ1n) is 16.8. The zero-order chi connectivity index (χ0) is 33.9. The van der Waals surface area contributed by atoms with Crippen LogP contribution in [0.25, 0.3) is 78.8 Å². The van der Waals surface area contributed by atoms with Crippen molar-refractivity contribution < 1.29 is 0 Å².